The van der Waals surface area contributed by atoms with Crippen LogP contribution < -0.4 is 0 Å². The fourth-order valence-corrected chi connectivity index (χ4v) is 1.01. The molecular weight excluding hydrogens is 156 g/mol. The number of aliphatic hydroxyl groups excluding tert-OH is 1. The molecule has 12 heavy (non-hydrogen) atoms. The molecule has 4 heteroatoms. The van der Waals surface area contributed by atoms with Crippen molar-refractivity contribution in [3.8, 4) is 0 Å². The van der Waals surface area contributed by atoms with Gasteiger partial charge in [-0.05, 0) is 6.92 Å². The van der Waals surface area contributed by atoms with E-state index in [1.54, 1.807) is 13.3 Å². The lowest BCUT2D eigenvalue weighted by Crippen LogP contribution is -2.16. The van der Waals surface area contributed by atoms with Crippen molar-refractivity contribution in [2.45, 2.75) is 26.2 Å². The minimum Gasteiger partial charge on any atom is -0.388 e. The normalized spacial score (nSPS) is 13.2. The Hall–Kier alpha value is -0.870. The van der Waals surface area contributed by atoms with Gasteiger partial charge in [0.25, 0.3) is 0 Å². The summed E-state index contributed by atoms with van der Waals surface area (Å²) in [6.07, 6.45) is 3.65. The molecule has 1 rings (SSSR count). The molecule has 1 aromatic heterocycles. The number of aliphatic hydroxyl groups is 1. The highest BCUT2D eigenvalue weighted by atomic mass is 16.5. The van der Waals surface area contributed by atoms with Crippen LogP contribution in [0, 0.1) is 0 Å². The maximum Gasteiger partial charge on any atom is 0.134 e. The Bertz CT molecular complexity index is 235. The van der Waals surface area contributed by atoms with Gasteiger partial charge in [-0.1, -0.05) is 0 Å². The van der Waals surface area contributed by atoms with Crippen LogP contribution in [0.1, 0.15) is 12.7 Å². The first-order chi connectivity index (χ1) is 5.77. The summed E-state index contributed by atoms with van der Waals surface area (Å²) in [5.74, 6) is 0.680. The lowest BCUT2D eigenvalue weighted by Gasteiger charge is -2.11. The van der Waals surface area contributed by atoms with Crippen molar-refractivity contribution in [3.63, 3.8) is 0 Å². The fourth-order valence-electron chi connectivity index (χ4n) is 1.01. The van der Waals surface area contributed by atoms with E-state index in [1.807, 2.05) is 17.7 Å². The van der Waals surface area contributed by atoms with Crippen molar-refractivity contribution in [2.75, 3.05) is 7.11 Å². The molecule has 0 radical (unpaired) electrons. The predicted octanol–water partition coefficient (Wildman–Crippen LogP) is 0.410. The molecule has 0 aliphatic rings. The van der Waals surface area contributed by atoms with Crippen LogP contribution in [0.2, 0.25) is 0 Å². The number of hydrogen-bond acceptors (Lipinski definition) is 3. The van der Waals surface area contributed by atoms with E-state index >= 15 is 0 Å². The first-order valence-electron chi connectivity index (χ1n) is 3.91. The Morgan fingerprint density at radius 1 is 1.75 bits per heavy atom. The summed E-state index contributed by atoms with van der Waals surface area (Å²) in [7, 11) is 1.67. The van der Waals surface area contributed by atoms with Crippen molar-refractivity contribution in [3.05, 3.63) is 18.2 Å². The molecule has 1 heterocycles. The number of rotatable bonds is 4. The van der Waals surface area contributed by atoms with E-state index < -0.39 is 0 Å². The van der Waals surface area contributed by atoms with Crippen LogP contribution in [0.25, 0.3) is 0 Å². The lowest BCUT2D eigenvalue weighted by molar-refractivity contribution is 0.101. The molecule has 0 aromatic carbocycles. The minimum atomic E-state index is -0.0244. The number of nitrogens with zero attached hydrogens (tertiary/aromatic N) is 2. The summed E-state index contributed by atoms with van der Waals surface area (Å²) in [5.41, 5.74) is 0. The summed E-state index contributed by atoms with van der Waals surface area (Å²) in [4.78, 5) is 3.98. The molecule has 1 N–H and O–H groups in total. The van der Waals surface area contributed by atoms with E-state index in [0.29, 0.717) is 5.82 Å². The average molecular weight is 170 g/mol. The van der Waals surface area contributed by atoms with Crippen molar-refractivity contribution >= 4 is 0 Å². The van der Waals surface area contributed by atoms with Gasteiger partial charge in [0, 0.05) is 26.0 Å². The summed E-state index contributed by atoms with van der Waals surface area (Å²) in [6, 6.07) is 0. The molecule has 0 aliphatic heterocycles. The predicted molar refractivity (Wildman–Crippen MR) is 44.6 cm³/mol. The maximum atomic E-state index is 8.87. The molecule has 68 valence electrons. The van der Waals surface area contributed by atoms with Gasteiger partial charge < -0.3 is 14.4 Å². The zero-order chi connectivity index (χ0) is 8.97. The highest BCUT2D eigenvalue weighted by Gasteiger charge is 2.04. The molecule has 0 fully saturated rings. The van der Waals surface area contributed by atoms with Crippen LogP contribution in [-0.4, -0.2) is 27.9 Å². The van der Waals surface area contributed by atoms with E-state index in [-0.39, 0.29) is 12.7 Å². The van der Waals surface area contributed by atoms with Gasteiger partial charge >= 0.3 is 0 Å². The standard InChI is InChI=1S/C8H14N2O2/c1-7(12-2)5-10-4-3-9-8(10)6-11/h3-4,7,11H,5-6H2,1-2H3. The highest BCUT2D eigenvalue weighted by Crippen LogP contribution is 2.00. The van der Waals surface area contributed by atoms with Crippen LogP contribution in [0.15, 0.2) is 12.4 Å². The molecular formula is C8H14N2O2. The van der Waals surface area contributed by atoms with Crippen LogP contribution in [-0.2, 0) is 17.9 Å². The van der Waals surface area contributed by atoms with Gasteiger partial charge in [0.1, 0.15) is 12.4 Å². The Morgan fingerprint density at radius 3 is 3.08 bits per heavy atom. The topological polar surface area (TPSA) is 47.3 Å². The zero-order valence-electron chi connectivity index (χ0n) is 7.40. The third-order valence-corrected chi connectivity index (χ3v) is 1.80. The van der Waals surface area contributed by atoms with Gasteiger partial charge in [-0.15, -0.1) is 0 Å². The van der Waals surface area contributed by atoms with Gasteiger partial charge in [-0.3, -0.25) is 0 Å². The van der Waals surface area contributed by atoms with E-state index in [4.69, 9.17) is 9.84 Å². The third kappa shape index (κ3) is 2.06. The lowest BCUT2D eigenvalue weighted by atomic mass is 10.4. The van der Waals surface area contributed by atoms with Crippen LogP contribution in [0.4, 0.5) is 0 Å². The van der Waals surface area contributed by atoms with Crippen molar-refractivity contribution < 1.29 is 9.84 Å². The number of ether oxygens (including phenoxy) is 1. The molecule has 0 saturated heterocycles. The molecule has 1 atom stereocenters. The summed E-state index contributed by atoms with van der Waals surface area (Å²) in [5, 5.41) is 8.87. The number of hydrogen-bond donors (Lipinski definition) is 1. The fraction of sp³-hybridized carbons (Fsp3) is 0.625. The SMILES string of the molecule is COC(C)Cn1ccnc1CO. The Kier molecular flexibility index (Phi) is 3.25. The van der Waals surface area contributed by atoms with Crippen LogP contribution in [0.5, 0.6) is 0 Å². The molecule has 0 bridgehead atoms. The molecule has 0 spiro atoms. The van der Waals surface area contributed by atoms with Crippen molar-refractivity contribution in [1.29, 1.82) is 0 Å². The van der Waals surface area contributed by atoms with Crippen molar-refractivity contribution in [1.82, 2.24) is 9.55 Å². The first kappa shape index (κ1) is 9.22. The average Bonchev–Trinajstić information content (AvgIpc) is 2.51. The van der Waals surface area contributed by atoms with E-state index in [0.717, 1.165) is 6.54 Å². The van der Waals surface area contributed by atoms with E-state index in [2.05, 4.69) is 4.98 Å². The maximum absolute atomic E-state index is 8.87. The minimum absolute atomic E-state index is 0.0244. The second kappa shape index (κ2) is 4.23. The molecule has 1 unspecified atom stereocenters. The first-order valence-corrected chi connectivity index (χ1v) is 3.91. The Labute approximate surface area is 71.8 Å². The smallest absolute Gasteiger partial charge is 0.134 e. The molecule has 4 nitrogen and oxygen atoms in total. The second-order valence-corrected chi connectivity index (χ2v) is 2.70. The summed E-state index contributed by atoms with van der Waals surface area (Å²) >= 11 is 0. The molecule has 0 amide bonds. The third-order valence-electron chi connectivity index (χ3n) is 1.80. The van der Waals surface area contributed by atoms with Gasteiger partial charge in [0.2, 0.25) is 0 Å². The molecule has 0 aliphatic carbocycles. The van der Waals surface area contributed by atoms with Crippen molar-refractivity contribution in [2.24, 2.45) is 0 Å². The number of imidazole rings is 1. The summed E-state index contributed by atoms with van der Waals surface area (Å²) in [6.45, 7) is 2.68. The monoisotopic (exact) mass is 170 g/mol. The second-order valence-electron chi connectivity index (χ2n) is 2.70. The van der Waals surface area contributed by atoms with E-state index in [9.17, 15) is 0 Å². The van der Waals surface area contributed by atoms with Gasteiger partial charge in [-0.2, -0.15) is 0 Å². The van der Waals surface area contributed by atoms with Gasteiger partial charge in [-0.25, -0.2) is 4.98 Å². The largest absolute Gasteiger partial charge is 0.388 e. The molecule has 1 aromatic rings. The number of methoxy groups -OCH3 is 1. The summed E-state index contributed by atoms with van der Waals surface area (Å²) < 4.78 is 6.98. The van der Waals surface area contributed by atoms with Gasteiger partial charge in [0.05, 0.1) is 6.10 Å². The highest BCUT2D eigenvalue weighted by molar-refractivity contribution is 4.90. The Morgan fingerprint density at radius 2 is 2.50 bits per heavy atom. The quantitative estimate of drug-likeness (QED) is 0.712. The van der Waals surface area contributed by atoms with Crippen LogP contribution in [0.3, 0.4) is 0 Å². The van der Waals surface area contributed by atoms with Crippen LogP contribution >= 0.6 is 0 Å². The zero-order valence-corrected chi connectivity index (χ0v) is 7.40. The Balaban J connectivity index is 2.61. The molecule has 0 saturated carbocycles. The van der Waals surface area contributed by atoms with E-state index in [1.165, 1.54) is 0 Å². The van der Waals surface area contributed by atoms with Gasteiger partial charge in [0.15, 0.2) is 0 Å². The number of aromatic nitrogens is 2.